The van der Waals surface area contributed by atoms with Crippen molar-refractivity contribution in [3.05, 3.63) is 11.7 Å². The highest BCUT2D eigenvalue weighted by molar-refractivity contribution is 4.99. The Morgan fingerprint density at radius 3 is 2.65 bits per heavy atom. The Labute approximate surface area is 103 Å². The fraction of sp³-hybridized carbons (Fsp3) is 0.846. The van der Waals surface area contributed by atoms with Crippen molar-refractivity contribution in [2.45, 2.75) is 57.9 Å². The van der Waals surface area contributed by atoms with Crippen LogP contribution in [-0.2, 0) is 0 Å². The van der Waals surface area contributed by atoms with Crippen molar-refractivity contribution < 1.29 is 4.52 Å². The van der Waals surface area contributed by atoms with Gasteiger partial charge < -0.3 is 9.84 Å². The van der Waals surface area contributed by atoms with Gasteiger partial charge in [-0.15, -0.1) is 0 Å². The molecule has 2 rings (SSSR count). The zero-order valence-corrected chi connectivity index (χ0v) is 11.1. The number of nitrogens with zero attached hydrogens (tertiary/aromatic N) is 2. The van der Waals surface area contributed by atoms with E-state index in [2.05, 4.69) is 22.4 Å². The van der Waals surface area contributed by atoms with E-state index in [0.717, 1.165) is 11.7 Å². The molecule has 1 N–H and O–H groups in total. The largest absolute Gasteiger partial charge is 0.338 e. The lowest BCUT2D eigenvalue weighted by molar-refractivity contribution is 0.300. The van der Waals surface area contributed by atoms with Crippen LogP contribution in [0, 0.1) is 5.92 Å². The molecule has 1 aromatic heterocycles. The normalized spacial score (nSPS) is 27.0. The lowest BCUT2D eigenvalue weighted by atomic mass is 9.80. The van der Waals surface area contributed by atoms with Crippen LogP contribution < -0.4 is 5.32 Å². The van der Waals surface area contributed by atoms with E-state index in [0.29, 0.717) is 11.8 Å². The molecule has 1 unspecified atom stereocenters. The van der Waals surface area contributed by atoms with E-state index >= 15 is 0 Å². The standard InChI is InChI=1S/C13H23N3O/c1-4-10-5-7-11(8-6-10)12-15-13(17-16-12)9(2)14-3/h9-11,14H,4-8H2,1-3H3. The van der Waals surface area contributed by atoms with Gasteiger partial charge in [0.25, 0.3) is 0 Å². The summed E-state index contributed by atoms with van der Waals surface area (Å²) in [6.07, 6.45) is 6.36. The summed E-state index contributed by atoms with van der Waals surface area (Å²) in [4.78, 5) is 4.52. The summed E-state index contributed by atoms with van der Waals surface area (Å²) in [6, 6.07) is 0.142. The van der Waals surface area contributed by atoms with Crippen molar-refractivity contribution in [2.75, 3.05) is 7.05 Å². The number of aromatic nitrogens is 2. The predicted octanol–water partition coefficient (Wildman–Crippen LogP) is 3.03. The van der Waals surface area contributed by atoms with E-state index in [1.807, 2.05) is 14.0 Å². The molecule has 1 aromatic rings. The minimum Gasteiger partial charge on any atom is -0.338 e. The number of hydrogen-bond donors (Lipinski definition) is 1. The van der Waals surface area contributed by atoms with Gasteiger partial charge in [-0.3, -0.25) is 0 Å². The second kappa shape index (κ2) is 5.63. The van der Waals surface area contributed by atoms with Crippen LogP contribution in [0.1, 0.15) is 69.6 Å². The summed E-state index contributed by atoms with van der Waals surface area (Å²) >= 11 is 0. The molecule has 1 saturated carbocycles. The van der Waals surface area contributed by atoms with Gasteiger partial charge in [0, 0.05) is 5.92 Å². The van der Waals surface area contributed by atoms with E-state index in [1.54, 1.807) is 0 Å². The first-order valence-electron chi connectivity index (χ1n) is 6.75. The van der Waals surface area contributed by atoms with E-state index < -0.39 is 0 Å². The summed E-state index contributed by atoms with van der Waals surface area (Å²) in [5, 5.41) is 7.25. The van der Waals surface area contributed by atoms with Crippen LogP contribution in [0.2, 0.25) is 0 Å². The maximum atomic E-state index is 5.30. The Balaban J connectivity index is 1.97. The van der Waals surface area contributed by atoms with Gasteiger partial charge in [0.2, 0.25) is 5.89 Å². The molecule has 0 spiro atoms. The Morgan fingerprint density at radius 1 is 1.35 bits per heavy atom. The Morgan fingerprint density at radius 2 is 2.06 bits per heavy atom. The summed E-state index contributed by atoms with van der Waals surface area (Å²) in [5.74, 6) is 3.05. The van der Waals surface area contributed by atoms with Gasteiger partial charge in [-0.05, 0) is 45.6 Å². The molecule has 1 heterocycles. The second-order valence-electron chi connectivity index (χ2n) is 5.13. The number of nitrogens with one attached hydrogen (secondary N) is 1. The van der Waals surface area contributed by atoms with Crippen molar-refractivity contribution in [1.82, 2.24) is 15.5 Å². The molecule has 1 aliphatic carbocycles. The molecule has 0 aromatic carbocycles. The molecule has 1 atom stereocenters. The number of hydrogen-bond acceptors (Lipinski definition) is 4. The first kappa shape index (κ1) is 12.6. The summed E-state index contributed by atoms with van der Waals surface area (Å²) in [6.45, 7) is 4.32. The second-order valence-corrected chi connectivity index (χ2v) is 5.13. The Kier molecular flexibility index (Phi) is 4.15. The van der Waals surface area contributed by atoms with Crippen molar-refractivity contribution in [3.8, 4) is 0 Å². The molecule has 4 heteroatoms. The van der Waals surface area contributed by atoms with Gasteiger partial charge >= 0.3 is 0 Å². The zero-order chi connectivity index (χ0) is 12.3. The third-order valence-electron chi connectivity index (χ3n) is 4.05. The van der Waals surface area contributed by atoms with E-state index in [4.69, 9.17) is 4.52 Å². The maximum absolute atomic E-state index is 5.30. The molecule has 0 saturated heterocycles. The maximum Gasteiger partial charge on any atom is 0.243 e. The van der Waals surface area contributed by atoms with Gasteiger partial charge in [-0.25, -0.2) is 0 Å². The first-order chi connectivity index (χ1) is 8.24. The Bertz CT molecular complexity index is 342. The molecule has 1 aliphatic rings. The third-order valence-corrected chi connectivity index (χ3v) is 4.05. The molecular weight excluding hydrogens is 214 g/mol. The van der Waals surface area contributed by atoms with Crippen LogP contribution in [0.15, 0.2) is 4.52 Å². The van der Waals surface area contributed by atoms with Crippen molar-refractivity contribution in [1.29, 1.82) is 0 Å². The van der Waals surface area contributed by atoms with Gasteiger partial charge in [0.15, 0.2) is 5.82 Å². The highest BCUT2D eigenvalue weighted by atomic mass is 16.5. The minimum atomic E-state index is 0.142. The highest BCUT2D eigenvalue weighted by Gasteiger charge is 2.25. The van der Waals surface area contributed by atoms with Crippen LogP contribution in [0.5, 0.6) is 0 Å². The average Bonchev–Trinajstić information content (AvgIpc) is 2.87. The minimum absolute atomic E-state index is 0.142. The van der Waals surface area contributed by atoms with Crippen molar-refractivity contribution in [2.24, 2.45) is 5.92 Å². The molecule has 0 bridgehead atoms. The lowest BCUT2D eigenvalue weighted by Crippen LogP contribution is -2.15. The van der Waals surface area contributed by atoms with Gasteiger partial charge in [0.1, 0.15) is 0 Å². The summed E-state index contributed by atoms with van der Waals surface area (Å²) in [5.41, 5.74) is 0. The smallest absolute Gasteiger partial charge is 0.243 e. The fourth-order valence-corrected chi connectivity index (χ4v) is 2.54. The quantitative estimate of drug-likeness (QED) is 0.874. The molecule has 0 aliphatic heterocycles. The van der Waals surface area contributed by atoms with Gasteiger partial charge in [0.05, 0.1) is 6.04 Å². The highest BCUT2D eigenvalue weighted by Crippen LogP contribution is 2.35. The van der Waals surface area contributed by atoms with Gasteiger partial charge in [-0.2, -0.15) is 4.98 Å². The SMILES string of the molecule is CCC1CCC(c2noc(C(C)NC)n2)CC1. The molecule has 96 valence electrons. The molecule has 1 fully saturated rings. The average molecular weight is 237 g/mol. The lowest BCUT2D eigenvalue weighted by Gasteiger charge is -2.25. The molecular formula is C13H23N3O. The van der Waals surface area contributed by atoms with E-state index in [1.165, 1.54) is 32.1 Å². The van der Waals surface area contributed by atoms with E-state index in [9.17, 15) is 0 Å². The van der Waals surface area contributed by atoms with Crippen LogP contribution in [0.4, 0.5) is 0 Å². The zero-order valence-electron chi connectivity index (χ0n) is 11.1. The van der Waals surface area contributed by atoms with Crippen LogP contribution in [0.3, 0.4) is 0 Å². The van der Waals surface area contributed by atoms with Crippen LogP contribution in [0.25, 0.3) is 0 Å². The van der Waals surface area contributed by atoms with E-state index in [-0.39, 0.29) is 6.04 Å². The van der Waals surface area contributed by atoms with Crippen molar-refractivity contribution in [3.63, 3.8) is 0 Å². The van der Waals surface area contributed by atoms with Crippen LogP contribution in [-0.4, -0.2) is 17.2 Å². The number of rotatable bonds is 4. The summed E-state index contributed by atoms with van der Waals surface area (Å²) in [7, 11) is 1.90. The molecule has 17 heavy (non-hydrogen) atoms. The monoisotopic (exact) mass is 237 g/mol. The first-order valence-corrected chi connectivity index (χ1v) is 6.75. The fourth-order valence-electron chi connectivity index (χ4n) is 2.54. The van der Waals surface area contributed by atoms with Crippen molar-refractivity contribution >= 4 is 0 Å². The topological polar surface area (TPSA) is 51.0 Å². The molecule has 0 radical (unpaired) electrons. The molecule has 0 amide bonds. The molecule has 4 nitrogen and oxygen atoms in total. The summed E-state index contributed by atoms with van der Waals surface area (Å²) < 4.78 is 5.30. The Hall–Kier alpha value is -0.900. The third kappa shape index (κ3) is 2.86. The predicted molar refractivity (Wildman–Crippen MR) is 66.8 cm³/mol. The van der Waals surface area contributed by atoms with Gasteiger partial charge in [-0.1, -0.05) is 18.5 Å². The van der Waals surface area contributed by atoms with Crippen LogP contribution >= 0.6 is 0 Å².